The number of halogens is 1. The highest BCUT2D eigenvalue weighted by Gasteiger charge is 2.32. The molecule has 1 atom stereocenters. The van der Waals surface area contributed by atoms with E-state index in [1.165, 1.54) is 12.8 Å². The van der Waals surface area contributed by atoms with E-state index < -0.39 is 0 Å². The first kappa shape index (κ1) is 10.0. The van der Waals surface area contributed by atoms with Crippen molar-refractivity contribution in [2.75, 3.05) is 0 Å². The van der Waals surface area contributed by atoms with E-state index in [0.29, 0.717) is 11.1 Å². The maximum Gasteiger partial charge on any atom is 0.165 e. The van der Waals surface area contributed by atoms with E-state index in [-0.39, 0.29) is 0 Å². The van der Waals surface area contributed by atoms with Gasteiger partial charge in [-0.2, -0.15) is 0 Å². The molecule has 1 unspecified atom stereocenters. The molecule has 0 N–H and O–H groups in total. The molecule has 0 spiro atoms. The molecule has 0 amide bonds. The van der Waals surface area contributed by atoms with E-state index in [2.05, 4.69) is 22.1 Å². The van der Waals surface area contributed by atoms with Crippen LogP contribution in [0.1, 0.15) is 37.3 Å². The van der Waals surface area contributed by atoms with Crippen LogP contribution in [0.2, 0.25) is 5.15 Å². The van der Waals surface area contributed by atoms with Crippen molar-refractivity contribution in [2.45, 2.75) is 32.6 Å². The zero-order chi connectivity index (χ0) is 11.3. The van der Waals surface area contributed by atoms with Gasteiger partial charge < -0.3 is 0 Å². The van der Waals surface area contributed by atoms with Crippen molar-refractivity contribution in [3.63, 3.8) is 0 Å². The molecule has 5 heteroatoms. The van der Waals surface area contributed by atoms with E-state index in [0.717, 1.165) is 23.2 Å². The molecular weight excluding hydrogens is 224 g/mol. The van der Waals surface area contributed by atoms with Crippen LogP contribution < -0.4 is 0 Å². The monoisotopic (exact) mass is 236 g/mol. The van der Waals surface area contributed by atoms with Gasteiger partial charge in [0.05, 0.1) is 0 Å². The summed E-state index contributed by atoms with van der Waals surface area (Å²) in [5, 5.41) is 8.91. The van der Waals surface area contributed by atoms with E-state index in [4.69, 9.17) is 11.6 Å². The molecule has 0 bridgehead atoms. The number of aryl methyl sites for hydroxylation is 1. The first-order chi connectivity index (χ1) is 7.66. The zero-order valence-electron chi connectivity index (χ0n) is 9.31. The number of fused-ring (bicyclic) bond motifs is 1. The molecule has 3 rings (SSSR count). The lowest BCUT2D eigenvalue weighted by molar-refractivity contribution is 0.608. The third-order valence-electron chi connectivity index (χ3n) is 3.29. The molecule has 1 saturated carbocycles. The van der Waals surface area contributed by atoms with Crippen LogP contribution in [0.15, 0.2) is 6.07 Å². The van der Waals surface area contributed by atoms with Crippen molar-refractivity contribution in [1.82, 2.24) is 19.6 Å². The third kappa shape index (κ3) is 1.48. The van der Waals surface area contributed by atoms with Crippen molar-refractivity contribution in [3.05, 3.63) is 22.9 Å². The lowest BCUT2D eigenvalue weighted by Crippen LogP contribution is -2.06. The number of hydrogen-bond donors (Lipinski definition) is 0. The predicted molar refractivity (Wildman–Crippen MR) is 61.7 cm³/mol. The first-order valence-electron chi connectivity index (χ1n) is 5.55. The Balaban J connectivity index is 2.18. The van der Waals surface area contributed by atoms with Crippen LogP contribution in [0.5, 0.6) is 0 Å². The molecule has 0 saturated heterocycles. The third-order valence-corrected chi connectivity index (χ3v) is 3.48. The summed E-state index contributed by atoms with van der Waals surface area (Å²) < 4.78 is 2.01. The summed E-state index contributed by atoms with van der Waals surface area (Å²) in [5.41, 5.74) is 0.792. The van der Waals surface area contributed by atoms with Gasteiger partial charge in [-0.1, -0.05) is 18.5 Å². The normalized spacial score (nSPS) is 17.9. The van der Waals surface area contributed by atoms with Crippen LogP contribution >= 0.6 is 11.6 Å². The van der Waals surface area contributed by atoms with Gasteiger partial charge >= 0.3 is 0 Å². The minimum absolute atomic E-state index is 0.455. The Morgan fingerprint density at radius 2 is 2.19 bits per heavy atom. The molecule has 2 aromatic heterocycles. The number of aromatic nitrogens is 4. The maximum absolute atomic E-state index is 5.90. The second kappa shape index (κ2) is 3.42. The highest BCUT2D eigenvalue weighted by atomic mass is 35.5. The molecule has 2 aromatic rings. The van der Waals surface area contributed by atoms with Crippen molar-refractivity contribution in [2.24, 2.45) is 5.92 Å². The summed E-state index contributed by atoms with van der Waals surface area (Å²) in [6.07, 6.45) is 2.60. The highest BCUT2D eigenvalue weighted by molar-refractivity contribution is 6.29. The van der Waals surface area contributed by atoms with Gasteiger partial charge in [-0.3, -0.25) is 4.40 Å². The minimum Gasteiger partial charge on any atom is -0.266 e. The first-order valence-corrected chi connectivity index (χ1v) is 5.93. The topological polar surface area (TPSA) is 43.1 Å². The van der Waals surface area contributed by atoms with Gasteiger partial charge in [0.1, 0.15) is 16.8 Å². The summed E-state index contributed by atoms with van der Waals surface area (Å²) in [6, 6.07) is 1.75. The van der Waals surface area contributed by atoms with Gasteiger partial charge in [-0.15, -0.1) is 10.2 Å². The molecule has 2 heterocycles. The summed E-state index contributed by atoms with van der Waals surface area (Å²) in [4.78, 5) is 4.25. The van der Waals surface area contributed by atoms with E-state index in [9.17, 15) is 0 Å². The van der Waals surface area contributed by atoms with Crippen molar-refractivity contribution < 1.29 is 0 Å². The molecule has 1 aliphatic rings. The maximum atomic E-state index is 5.90. The van der Waals surface area contributed by atoms with Crippen LogP contribution in [0.4, 0.5) is 0 Å². The van der Waals surface area contributed by atoms with Crippen LogP contribution in [-0.4, -0.2) is 19.6 Å². The molecule has 4 nitrogen and oxygen atoms in total. The Labute approximate surface area is 98.7 Å². The Morgan fingerprint density at radius 3 is 2.88 bits per heavy atom. The largest absolute Gasteiger partial charge is 0.266 e. The molecular formula is C11H13ClN4. The van der Waals surface area contributed by atoms with Gasteiger partial charge in [-0.05, 0) is 25.7 Å². The standard InChI is InChI=1S/C11H13ClN4/c1-6(8-3-4-8)11-15-14-10-5-9(12)13-7(2)16(10)11/h5-6,8H,3-4H2,1-2H3. The van der Waals surface area contributed by atoms with Gasteiger partial charge in [0.2, 0.25) is 0 Å². The van der Waals surface area contributed by atoms with Crippen molar-refractivity contribution in [3.8, 4) is 0 Å². The fraction of sp³-hybridized carbons (Fsp3) is 0.545. The lowest BCUT2D eigenvalue weighted by Gasteiger charge is -2.09. The highest BCUT2D eigenvalue weighted by Crippen LogP contribution is 2.41. The van der Waals surface area contributed by atoms with E-state index in [1.54, 1.807) is 6.07 Å². The second-order valence-corrected chi connectivity index (χ2v) is 4.89. The number of nitrogens with zero attached hydrogens (tertiary/aromatic N) is 4. The average Bonchev–Trinajstić information content (AvgIpc) is 2.98. The smallest absolute Gasteiger partial charge is 0.165 e. The van der Waals surface area contributed by atoms with Crippen molar-refractivity contribution in [1.29, 1.82) is 0 Å². The molecule has 84 valence electrons. The fourth-order valence-electron chi connectivity index (χ4n) is 2.18. The van der Waals surface area contributed by atoms with E-state index in [1.807, 2.05) is 11.3 Å². The van der Waals surface area contributed by atoms with Gasteiger partial charge in [0.25, 0.3) is 0 Å². The second-order valence-electron chi connectivity index (χ2n) is 4.50. The summed E-state index contributed by atoms with van der Waals surface area (Å²) >= 11 is 5.90. The molecule has 16 heavy (non-hydrogen) atoms. The minimum atomic E-state index is 0.455. The van der Waals surface area contributed by atoms with Gasteiger partial charge in [-0.25, -0.2) is 4.98 Å². The van der Waals surface area contributed by atoms with Crippen LogP contribution in [0.25, 0.3) is 5.65 Å². The quantitative estimate of drug-likeness (QED) is 0.753. The molecule has 0 radical (unpaired) electrons. The Kier molecular flexibility index (Phi) is 2.14. The zero-order valence-corrected chi connectivity index (χ0v) is 10.1. The fourth-order valence-corrected chi connectivity index (χ4v) is 2.40. The van der Waals surface area contributed by atoms with Crippen LogP contribution in [0, 0.1) is 12.8 Å². The predicted octanol–water partition coefficient (Wildman–Crippen LogP) is 2.60. The van der Waals surface area contributed by atoms with Gasteiger partial charge in [0.15, 0.2) is 5.65 Å². The average molecular weight is 237 g/mol. The number of hydrogen-bond acceptors (Lipinski definition) is 3. The molecule has 0 aromatic carbocycles. The molecule has 0 aliphatic heterocycles. The van der Waals surface area contributed by atoms with E-state index >= 15 is 0 Å². The summed E-state index contributed by atoms with van der Waals surface area (Å²) in [6.45, 7) is 4.15. The Bertz CT molecular complexity index is 544. The van der Waals surface area contributed by atoms with Crippen LogP contribution in [-0.2, 0) is 0 Å². The van der Waals surface area contributed by atoms with Crippen LogP contribution in [0.3, 0.4) is 0 Å². The Morgan fingerprint density at radius 1 is 1.44 bits per heavy atom. The lowest BCUT2D eigenvalue weighted by atomic mass is 10.1. The number of rotatable bonds is 2. The molecule has 1 fully saturated rings. The molecule has 1 aliphatic carbocycles. The van der Waals surface area contributed by atoms with Crippen molar-refractivity contribution >= 4 is 17.2 Å². The van der Waals surface area contributed by atoms with Gasteiger partial charge in [0, 0.05) is 12.0 Å². The Hall–Kier alpha value is -1.16. The summed E-state index contributed by atoms with van der Waals surface area (Å²) in [7, 11) is 0. The summed E-state index contributed by atoms with van der Waals surface area (Å²) in [5.74, 6) is 3.09. The SMILES string of the molecule is Cc1nc(Cl)cc2nnc(C(C)C3CC3)n12.